The van der Waals surface area contributed by atoms with Gasteiger partial charge in [-0.15, -0.1) is 0 Å². The number of methoxy groups -OCH3 is 1. The van der Waals surface area contributed by atoms with E-state index in [2.05, 4.69) is 5.32 Å². The summed E-state index contributed by atoms with van der Waals surface area (Å²) in [6.07, 6.45) is 3.86. The zero-order chi connectivity index (χ0) is 12.5. The minimum absolute atomic E-state index is 0.236. The Morgan fingerprint density at radius 2 is 2.28 bits per heavy atom. The van der Waals surface area contributed by atoms with Crippen LogP contribution in [0.4, 0.5) is 0 Å². The monoisotopic (exact) mass is 267 g/mol. The van der Waals surface area contributed by atoms with E-state index in [4.69, 9.17) is 21.1 Å². The third-order valence-corrected chi connectivity index (χ3v) is 4.06. The summed E-state index contributed by atoms with van der Waals surface area (Å²) < 4.78 is 11.1. The molecule has 0 bridgehead atoms. The maximum atomic E-state index is 5.98. The number of rotatable bonds is 4. The molecule has 0 spiro atoms. The molecule has 0 saturated heterocycles. The van der Waals surface area contributed by atoms with Gasteiger partial charge in [-0.2, -0.15) is 0 Å². The highest BCUT2D eigenvalue weighted by Crippen LogP contribution is 2.31. The molecular formula is C14H18ClNO2. The summed E-state index contributed by atoms with van der Waals surface area (Å²) in [6.45, 7) is 0.896. The van der Waals surface area contributed by atoms with E-state index in [-0.39, 0.29) is 6.10 Å². The Morgan fingerprint density at radius 3 is 3.06 bits per heavy atom. The number of halogens is 1. The standard InChI is InChI=1S/C14H18ClNO2/c1-17-12-6-11(7-12)16-8-13-5-9-4-10(15)2-3-14(9)18-13/h2-4,11-13,16H,5-8H2,1H3. The quantitative estimate of drug-likeness (QED) is 0.909. The molecule has 1 heterocycles. The number of nitrogens with one attached hydrogen (secondary N) is 1. The molecule has 3 nitrogen and oxygen atoms in total. The van der Waals surface area contributed by atoms with E-state index in [9.17, 15) is 0 Å². The Balaban J connectivity index is 1.47. The lowest BCUT2D eigenvalue weighted by atomic mass is 9.89. The summed E-state index contributed by atoms with van der Waals surface area (Å²) in [5, 5.41) is 4.32. The number of ether oxygens (including phenoxy) is 2. The van der Waals surface area contributed by atoms with Gasteiger partial charge in [0, 0.05) is 31.1 Å². The SMILES string of the molecule is COC1CC(NCC2Cc3cc(Cl)ccc3O2)C1. The number of fused-ring (bicyclic) bond motifs is 1. The summed E-state index contributed by atoms with van der Waals surface area (Å²) in [5.41, 5.74) is 1.22. The van der Waals surface area contributed by atoms with Crippen LogP contribution in [0.15, 0.2) is 18.2 Å². The smallest absolute Gasteiger partial charge is 0.123 e. The molecule has 1 aromatic rings. The first-order valence-corrected chi connectivity index (χ1v) is 6.83. The van der Waals surface area contributed by atoms with E-state index >= 15 is 0 Å². The van der Waals surface area contributed by atoms with E-state index in [1.54, 1.807) is 7.11 Å². The topological polar surface area (TPSA) is 30.5 Å². The van der Waals surface area contributed by atoms with Crippen molar-refractivity contribution in [1.29, 1.82) is 0 Å². The van der Waals surface area contributed by atoms with Gasteiger partial charge in [0.05, 0.1) is 6.10 Å². The zero-order valence-corrected chi connectivity index (χ0v) is 11.2. The lowest BCUT2D eigenvalue weighted by Gasteiger charge is -2.35. The Labute approximate surface area is 112 Å². The van der Waals surface area contributed by atoms with Crippen LogP contribution in [0.25, 0.3) is 0 Å². The zero-order valence-electron chi connectivity index (χ0n) is 10.5. The molecule has 1 aliphatic heterocycles. The molecule has 1 aliphatic carbocycles. The maximum absolute atomic E-state index is 5.98. The Morgan fingerprint density at radius 1 is 1.44 bits per heavy atom. The van der Waals surface area contributed by atoms with Gasteiger partial charge in [0.15, 0.2) is 0 Å². The second kappa shape index (κ2) is 5.08. The van der Waals surface area contributed by atoms with E-state index in [1.165, 1.54) is 5.56 Å². The second-order valence-electron chi connectivity index (χ2n) is 5.13. The molecule has 1 fully saturated rings. The Hall–Kier alpha value is -0.770. The van der Waals surface area contributed by atoms with Gasteiger partial charge in [0.2, 0.25) is 0 Å². The molecule has 1 aromatic carbocycles. The van der Waals surface area contributed by atoms with Gasteiger partial charge < -0.3 is 14.8 Å². The van der Waals surface area contributed by atoms with E-state index < -0.39 is 0 Å². The van der Waals surface area contributed by atoms with Crippen LogP contribution in [0, 0.1) is 0 Å². The summed E-state index contributed by atoms with van der Waals surface area (Å²) in [7, 11) is 1.78. The van der Waals surface area contributed by atoms with Gasteiger partial charge in [-0.05, 0) is 36.6 Å². The van der Waals surface area contributed by atoms with Gasteiger partial charge in [0.25, 0.3) is 0 Å². The van der Waals surface area contributed by atoms with Crippen LogP contribution in [-0.4, -0.2) is 31.9 Å². The first-order chi connectivity index (χ1) is 8.74. The Bertz CT molecular complexity index is 432. The van der Waals surface area contributed by atoms with Gasteiger partial charge in [-0.1, -0.05) is 11.6 Å². The average molecular weight is 268 g/mol. The lowest BCUT2D eigenvalue weighted by Crippen LogP contribution is -2.47. The van der Waals surface area contributed by atoms with Crippen LogP contribution in [-0.2, 0) is 11.2 Å². The molecule has 1 unspecified atom stereocenters. The van der Waals surface area contributed by atoms with E-state index in [0.29, 0.717) is 12.1 Å². The van der Waals surface area contributed by atoms with Crippen LogP contribution in [0.2, 0.25) is 5.02 Å². The minimum atomic E-state index is 0.236. The molecule has 2 aliphatic rings. The predicted molar refractivity (Wildman–Crippen MR) is 71.4 cm³/mol. The van der Waals surface area contributed by atoms with Crippen LogP contribution in [0.3, 0.4) is 0 Å². The van der Waals surface area contributed by atoms with Gasteiger partial charge in [0.1, 0.15) is 11.9 Å². The molecule has 0 aromatic heterocycles. The molecule has 98 valence electrons. The highest BCUT2D eigenvalue weighted by atomic mass is 35.5. The third kappa shape index (κ3) is 2.48. The number of hydrogen-bond donors (Lipinski definition) is 1. The molecule has 1 saturated carbocycles. The van der Waals surface area contributed by atoms with Crippen LogP contribution >= 0.6 is 11.6 Å². The number of benzene rings is 1. The average Bonchev–Trinajstić information content (AvgIpc) is 2.69. The molecule has 0 radical (unpaired) electrons. The molecule has 18 heavy (non-hydrogen) atoms. The Kier molecular flexibility index (Phi) is 3.46. The highest BCUT2D eigenvalue weighted by Gasteiger charge is 2.30. The fourth-order valence-electron chi connectivity index (χ4n) is 2.63. The molecular weight excluding hydrogens is 250 g/mol. The van der Waals surface area contributed by atoms with Crippen molar-refractivity contribution in [3.8, 4) is 5.75 Å². The summed E-state index contributed by atoms with van der Waals surface area (Å²) >= 11 is 5.98. The summed E-state index contributed by atoms with van der Waals surface area (Å²) in [6, 6.07) is 6.43. The van der Waals surface area contributed by atoms with Crippen LogP contribution in [0.5, 0.6) is 5.75 Å². The summed E-state index contributed by atoms with van der Waals surface area (Å²) in [4.78, 5) is 0. The number of hydrogen-bond acceptors (Lipinski definition) is 3. The lowest BCUT2D eigenvalue weighted by molar-refractivity contribution is 0.0151. The minimum Gasteiger partial charge on any atom is -0.488 e. The molecule has 0 amide bonds. The molecule has 3 rings (SSSR count). The van der Waals surface area contributed by atoms with Crippen molar-refractivity contribution in [3.05, 3.63) is 28.8 Å². The fourth-order valence-corrected chi connectivity index (χ4v) is 2.82. The van der Waals surface area contributed by atoms with Crippen molar-refractivity contribution in [2.24, 2.45) is 0 Å². The molecule has 1 N–H and O–H groups in total. The van der Waals surface area contributed by atoms with Crippen molar-refractivity contribution < 1.29 is 9.47 Å². The van der Waals surface area contributed by atoms with Crippen molar-refractivity contribution in [1.82, 2.24) is 5.32 Å². The van der Waals surface area contributed by atoms with E-state index in [0.717, 1.165) is 36.6 Å². The van der Waals surface area contributed by atoms with Gasteiger partial charge >= 0.3 is 0 Å². The highest BCUT2D eigenvalue weighted by molar-refractivity contribution is 6.30. The maximum Gasteiger partial charge on any atom is 0.123 e. The van der Waals surface area contributed by atoms with Crippen molar-refractivity contribution in [2.45, 2.75) is 37.5 Å². The largest absolute Gasteiger partial charge is 0.488 e. The van der Waals surface area contributed by atoms with Crippen LogP contribution < -0.4 is 10.1 Å². The summed E-state index contributed by atoms with van der Waals surface area (Å²) in [5.74, 6) is 0.981. The first-order valence-electron chi connectivity index (χ1n) is 6.46. The predicted octanol–water partition coefficient (Wildman–Crippen LogP) is 2.41. The van der Waals surface area contributed by atoms with Crippen molar-refractivity contribution in [2.75, 3.05) is 13.7 Å². The molecule has 1 atom stereocenters. The fraction of sp³-hybridized carbons (Fsp3) is 0.571. The van der Waals surface area contributed by atoms with Crippen molar-refractivity contribution in [3.63, 3.8) is 0 Å². The third-order valence-electron chi connectivity index (χ3n) is 3.83. The first kappa shape index (κ1) is 12.3. The normalized spacial score (nSPS) is 29.6. The van der Waals surface area contributed by atoms with Crippen LogP contribution in [0.1, 0.15) is 18.4 Å². The van der Waals surface area contributed by atoms with E-state index in [1.807, 2.05) is 18.2 Å². The van der Waals surface area contributed by atoms with Gasteiger partial charge in [-0.3, -0.25) is 0 Å². The van der Waals surface area contributed by atoms with Crippen molar-refractivity contribution >= 4 is 11.6 Å². The van der Waals surface area contributed by atoms with Gasteiger partial charge in [-0.25, -0.2) is 0 Å². The molecule has 4 heteroatoms. The second-order valence-corrected chi connectivity index (χ2v) is 5.57.